The number of aromatic carboxylic acids is 1. The van der Waals surface area contributed by atoms with Gasteiger partial charge in [0.25, 0.3) is 0 Å². The van der Waals surface area contributed by atoms with Gasteiger partial charge in [-0.3, -0.25) is 0 Å². The number of carboxylic acid groups (broad SMARTS) is 1. The first kappa shape index (κ1) is 17.6. The van der Waals surface area contributed by atoms with Crippen molar-refractivity contribution in [2.24, 2.45) is 0 Å². The zero-order valence-corrected chi connectivity index (χ0v) is 15.9. The predicted molar refractivity (Wildman–Crippen MR) is 100 cm³/mol. The third-order valence-electron chi connectivity index (χ3n) is 3.62. The fourth-order valence-corrected chi connectivity index (χ4v) is 3.91. The van der Waals surface area contributed by atoms with E-state index in [0.717, 1.165) is 26.1 Å². The standard InChI is InChI=1S/C18H15BrO5S/c1-22-13-7-12-15(8-14(13)23-2)25-17(18(20)21)16(12)24-9-10-4-3-5-11(19)6-10/h3-8H,9H2,1-2H3,(H,20,21). The third-order valence-corrected chi connectivity index (χ3v) is 5.23. The highest BCUT2D eigenvalue weighted by Crippen LogP contribution is 2.43. The SMILES string of the molecule is COc1cc2sc(C(=O)O)c(OCc3cccc(Br)c3)c2cc1OC. The summed E-state index contributed by atoms with van der Waals surface area (Å²) in [7, 11) is 3.08. The van der Waals surface area contributed by atoms with Crippen LogP contribution in [0, 0.1) is 0 Å². The molecule has 0 amide bonds. The number of carboxylic acids is 1. The molecule has 1 aromatic heterocycles. The molecule has 3 aromatic rings. The Morgan fingerprint density at radius 2 is 1.88 bits per heavy atom. The molecule has 0 atom stereocenters. The number of rotatable bonds is 6. The van der Waals surface area contributed by atoms with Gasteiger partial charge in [-0.25, -0.2) is 4.79 Å². The van der Waals surface area contributed by atoms with Crippen LogP contribution >= 0.6 is 27.3 Å². The zero-order valence-electron chi connectivity index (χ0n) is 13.5. The monoisotopic (exact) mass is 422 g/mol. The summed E-state index contributed by atoms with van der Waals surface area (Å²) >= 11 is 4.56. The smallest absolute Gasteiger partial charge is 0.349 e. The van der Waals surface area contributed by atoms with Crippen molar-refractivity contribution < 1.29 is 24.1 Å². The molecule has 130 valence electrons. The van der Waals surface area contributed by atoms with Gasteiger partial charge in [-0.15, -0.1) is 11.3 Å². The molecule has 0 saturated carbocycles. The molecule has 25 heavy (non-hydrogen) atoms. The summed E-state index contributed by atoms with van der Waals surface area (Å²) in [5.41, 5.74) is 0.936. The Hall–Kier alpha value is -2.25. The number of benzene rings is 2. The fraction of sp³-hybridized carbons (Fsp3) is 0.167. The van der Waals surface area contributed by atoms with Crippen LogP contribution in [0.2, 0.25) is 0 Å². The van der Waals surface area contributed by atoms with Gasteiger partial charge in [0.05, 0.1) is 14.2 Å². The number of hydrogen-bond donors (Lipinski definition) is 1. The Kier molecular flexibility index (Phi) is 5.15. The van der Waals surface area contributed by atoms with E-state index in [2.05, 4.69) is 15.9 Å². The first-order valence-electron chi connectivity index (χ1n) is 7.32. The molecule has 0 saturated heterocycles. The number of fused-ring (bicyclic) bond motifs is 1. The minimum Gasteiger partial charge on any atom is -0.493 e. The van der Waals surface area contributed by atoms with Gasteiger partial charge in [0.15, 0.2) is 22.1 Å². The average molecular weight is 423 g/mol. The molecule has 0 spiro atoms. The Balaban J connectivity index is 2.04. The van der Waals surface area contributed by atoms with Gasteiger partial charge in [0.1, 0.15) is 6.61 Å². The van der Waals surface area contributed by atoms with Crippen molar-refractivity contribution in [3.8, 4) is 17.2 Å². The maximum atomic E-state index is 11.6. The van der Waals surface area contributed by atoms with Crippen molar-refractivity contribution in [3.63, 3.8) is 0 Å². The van der Waals surface area contributed by atoms with Gasteiger partial charge >= 0.3 is 5.97 Å². The fourth-order valence-electron chi connectivity index (χ4n) is 2.47. The lowest BCUT2D eigenvalue weighted by atomic mass is 10.2. The summed E-state index contributed by atoms with van der Waals surface area (Å²) in [4.78, 5) is 11.8. The Labute approximate surface area is 156 Å². The number of hydrogen-bond acceptors (Lipinski definition) is 5. The molecular weight excluding hydrogens is 408 g/mol. The van der Waals surface area contributed by atoms with E-state index in [0.29, 0.717) is 22.6 Å². The van der Waals surface area contributed by atoms with E-state index in [1.165, 1.54) is 7.11 Å². The molecule has 0 fully saturated rings. The van der Waals surface area contributed by atoms with E-state index in [1.807, 2.05) is 24.3 Å². The third kappa shape index (κ3) is 3.57. The van der Waals surface area contributed by atoms with Gasteiger partial charge in [0, 0.05) is 20.6 Å². The maximum absolute atomic E-state index is 11.6. The Bertz CT molecular complexity index is 935. The van der Waals surface area contributed by atoms with E-state index < -0.39 is 5.97 Å². The molecule has 0 aliphatic carbocycles. The van der Waals surface area contributed by atoms with Crippen molar-refractivity contribution in [1.29, 1.82) is 0 Å². The van der Waals surface area contributed by atoms with E-state index in [1.54, 1.807) is 19.2 Å². The van der Waals surface area contributed by atoms with Crippen LogP contribution in [0.4, 0.5) is 0 Å². The number of thiophene rings is 1. The van der Waals surface area contributed by atoms with Crippen LogP contribution in [-0.2, 0) is 6.61 Å². The number of methoxy groups -OCH3 is 2. The molecule has 0 aliphatic rings. The molecule has 2 aromatic carbocycles. The minimum atomic E-state index is -1.02. The lowest BCUT2D eigenvalue weighted by Crippen LogP contribution is -2.00. The molecule has 0 unspecified atom stereocenters. The van der Waals surface area contributed by atoms with Gasteiger partial charge in [-0.2, -0.15) is 0 Å². The molecule has 3 rings (SSSR count). The number of halogens is 1. The largest absolute Gasteiger partial charge is 0.493 e. The molecule has 5 nitrogen and oxygen atoms in total. The number of carbonyl (C=O) groups is 1. The lowest BCUT2D eigenvalue weighted by Gasteiger charge is -2.09. The van der Waals surface area contributed by atoms with Crippen molar-refractivity contribution in [1.82, 2.24) is 0 Å². The molecule has 1 heterocycles. The normalized spacial score (nSPS) is 10.7. The number of ether oxygens (including phenoxy) is 3. The second-order valence-corrected chi connectivity index (χ2v) is 7.16. The van der Waals surface area contributed by atoms with Crippen molar-refractivity contribution in [2.75, 3.05) is 14.2 Å². The van der Waals surface area contributed by atoms with Crippen LogP contribution < -0.4 is 14.2 Å². The van der Waals surface area contributed by atoms with Gasteiger partial charge in [-0.1, -0.05) is 28.1 Å². The molecule has 0 aliphatic heterocycles. The molecule has 0 radical (unpaired) electrons. The van der Waals surface area contributed by atoms with Gasteiger partial charge in [0.2, 0.25) is 0 Å². The summed E-state index contributed by atoms with van der Waals surface area (Å²) in [6.45, 7) is 0.264. The van der Waals surface area contributed by atoms with E-state index in [4.69, 9.17) is 14.2 Å². The van der Waals surface area contributed by atoms with Crippen LogP contribution in [0.3, 0.4) is 0 Å². The second-order valence-electron chi connectivity index (χ2n) is 5.19. The van der Waals surface area contributed by atoms with Crippen LogP contribution in [0.15, 0.2) is 40.9 Å². The van der Waals surface area contributed by atoms with E-state index in [9.17, 15) is 9.90 Å². The summed E-state index contributed by atoms with van der Waals surface area (Å²) in [5, 5.41) is 10.2. The van der Waals surface area contributed by atoms with Crippen LogP contribution in [0.25, 0.3) is 10.1 Å². The highest BCUT2D eigenvalue weighted by atomic mass is 79.9. The quantitative estimate of drug-likeness (QED) is 0.607. The van der Waals surface area contributed by atoms with Gasteiger partial charge in [-0.05, 0) is 23.8 Å². The van der Waals surface area contributed by atoms with Crippen LogP contribution in [0.1, 0.15) is 15.2 Å². The first-order chi connectivity index (χ1) is 12.0. The summed E-state index contributed by atoms with van der Waals surface area (Å²) < 4.78 is 18.2. The van der Waals surface area contributed by atoms with Crippen LogP contribution in [-0.4, -0.2) is 25.3 Å². The minimum absolute atomic E-state index is 0.153. The topological polar surface area (TPSA) is 65.0 Å². The highest BCUT2D eigenvalue weighted by molar-refractivity contribution is 9.10. The zero-order chi connectivity index (χ0) is 18.0. The second kappa shape index (κ2) is 7.33. The van der Waals surface area contributed by atoms with Crippen molar-refractivity contribution in [2.45, 2.75) is 6.61 Å². The molecular formula is C18H15BrO5S. The summed E-state index contributed by atoms with van der Waals surface area (Å²) in [5.74, 6) is 0.389. The van der Waals surface area contributed by atoms with E-state index >= 15 is 0 Å². The predicted octanol–water partition coefficient (Wildman–Crippen LogP) is 4.96. The van der Waals surface area contributed by atoms with Crippen LogP contribution in [0.5, 0.6) is 17.2 Å². The van der Waals surface area contributed by atoms with Crippen molar-refractivity contribution in [3.05, 3.63) is 51.3 Å². The lowest BCUT2D eigenvalue weighted by molar-refractivity contribution is 0.0698. The summed E-state index contributed by atoms with van der Waals surface area (Å²) in [6, 6.07) is 11.2. The first-order valence-corrected chi connectivity index (χ1v) is 8.93. The summed E-state index contributed by atoms with van der Waals surface area (Å²) in [6.07, 6.45) is 0. The molecule has 7 heteroatoms. The molecule has 0 bridgehead atoms. The van der Waals surface area contributed by atoms with E-state index in [-0.39, 0.29) is 11.5 Å². The van der Waals surface area contributed by atoms with Crippen molar-refractivity contribution >= 4 is 43.3 Å². The Morgan fingerprint density at radius 3 is 2.52 bits per heavy atom. The highest BCUT2D eigenvalue weighted by Gasteiger charge is 2.21. The molecule has 1 N–H and O–H groups in total. The van der Waals surface area contributed by atoms with Gasteiger partial charge < -0.3 is 19.3 Å². The average Bonchev–Trinajstić information content (AvgIpc) is 2.96. The maximum Gasteiger partial charge on any atom is 0.349 e. The Morgan fingerprint density at radius 1 is 1.16 bits per heavy atom.